The zero-order valence-corrected chi connectivity index (χ0v) is 22.1. The third-order valence-corrected chi connectivity index (χ3v) is 5.80. The van der Waals surface area contributed by atoms with Gasteiger partial charge in [-0.25, -0.2) is 4.68 Å². The maximum atomic E-state index is 12.2. The molecule has 2 aromatic carbocycles. The summed E-state index contributed by atoms with van der Waals surface area (Å²) in [5.41, 5.74) is 2.56. The molecular formula is C27H33BrN4O3. The van der Waals surface area contributed by atoms with Crippen LogP contribution in [0.3, 0.4) is 0 Å². The van der Waals surface area contributed by atoms with E-state index in [-0.39, 0.29) is 12.5 Å². The fourth-order valence-electron chi connectivity index (χ4n) is 3.38. The van der Waals surface area contributed by atoms with Gasteiger partial charge in [-0.15, -0.1) is 5.10 Å². The number of benzene rings is 2. The van der Waals surface area contributed by atoms with Gasteiger partial charge in [0.15, 0.2) is 11.5 Å². The van der Waals surface area contributed by atoms with Crippen molar-refractivity contribution in [3.8, 4) is 17.2 Å². The minimum atomic E-state index is 0.0611. The van der Waals surface area contributed by atoms with E-state index in [1.54, 1.807) is 11.8 Å². The fourth-order valence-corrected chi connectivity index (χ4v) is 3.65. The number of aromatic nitrogens is 3. The molecule has 0 saturated carbocycles. The van der Waals surface area contributed by atoms with E-state index >= 15 is 0 Å². The number of rotatable bonds is 13. The summed E-state index contributed by atoms with van der Waals surface area (Å²) < 4.78 is 14.1. The van der Waals surface area contributed by atoms with Crippen molar-refractivity contribution in [1.29, 1.82) is 0 Å². The fraction of sp³-hybridized carbons (Fsp3) is 0.370. The van der Waals surface area contributed by atoms with E-state index in [0.717, 1.165) is 35.0 Å². The normalized spacial score (nSPS) is 11.2. The number of ether oxygens (including phenoxy) is 2. The van der Waals surface area contributed by atoms with Gasteiger partial charge < -0.3 is 14.8 Å². The van der Waals surface area contributed by atoms with E-state index in [4.69, 9.17) is 9.47 Å². The van der Waals surface area contributed by atoms with Crippen molar-refractivity contribution in [1.82, 2.24) is 20.3 Å². The average molecular weight is 541 g/mol. The number of hydrogen-bond donors (Lipinski definition) is 1. The lowest BCUT2D eigenvalue weighted by molar-refractivity contribution is -0.121. The van der Waals surface area contributed by atoms with Crippen LogP contribution in [-0.4, -0.2) is 28.0 Å². The van der Waals surface area contributed by atoms with Gasteiger partial charge in [0.1, 0.15) is 12.3 Å². The Morgan fingerprint density at radius 1 is 1.14 bits per heavy atom. The molecule has 0 spiro atoms. The van der Waals surface area contributed by atoms with Crippen LogP contribution in [0.15, 0.2) is 65.3 Å². The number of unbranched alkanes of at least 4 members (excludes halogenated alkanes) is 2. The molecule has 1 aromatic heterocycles. The minimum Gasteiger partial charge on any atom is -0.493 e. The Kier molecular flexibility index (Phi) is 10.3. The van der Waals surface area contributed by atoms with E-state index in [0.29, 0.717) is 36.1 Å². The van der Waals surface area contributed by atoms with Gasteiger partial charge in [0.05, 0.1) is 19.0 Å². The molecule has 3 rings (SSSR count). The van der Waals surface area contributed by atoms with Gasteiger partial charge in [-0.1, -0.05) is 53.2 Å². The molecule has 0 aliphatic rings. The third kappa shape index (κ3) is 8.87. The first-order chi connectivity index (χ1) is 16.9. The van der Waals surface area contributed by atoms with E-state index in [9.17, 15) is 4.79 Å². The number of carbonyl (C=O) groups is 1. The summed E-state index contributed by atoms with van der Waals surface area (Å²) in [6.07, 6.45) is 9.70. The first-order valence-corrected chi connectivity index (χ1v) is 12.6. The molecule has 0 atom stereocenters. The lowest BCUT2D eigenvalue weighted by Gasteiger charge is -2.12. The van der Waals surface area contributed by atoms with Gasteiger partial charge in [-0.3, -0.25) is 4.79 Å². The van der Waals surface area contributed by atoms with Crippen LogP contribution in [0.5, 0.6) is 11.5 Å². The van der Waals surface area contributed by atoms with Gasteiger partial charge in [0.2, 0.25) is 5.91 Å². The van der Waals surface area contributed by atoms with Crippen LogP contribution in [-0.2, 0) is 17.9 Å². The van der Waals surface area contributed by atoms with Crippen LogP contribution in [0, 0.1) is 5.92 Å². The average Bonchev–Trinajstić information content (AvgIpc) is 3.33. The maximum Gasteiger partial charge on any atom is 0.220 e. The lowest BCUT2D eigenvalue weighted by atomic mass is 10.1. The first kappa shape index (κ1) is 26.5. The largest absolute Gasteiger partial charge is 0.493 e. The highest BCUT2D eigenvalue weighted by Crippen LogP contribution is 2.29. The molecule has 0 aliphatic heterocycles. The van der Waals surface area contributed by atoms with Crippen LogP contribution in [0.2, 0.25) is 0 Å². The Bertz CT molecular complexity index is 1110. The predicted molar refractivity (Wildman–Crippen MR) is 141 cm³/mol. The zero-order chi connectivity index (χ0) is 25.0. The van der Waals surface area contributed by atoms with Gasteiger partial charge in [-0.05, 0) is 67.1 Å². The highest BCUT2D eigenvalue weighted by molar-refractivity contribution is 9.10. The summed E-state index contributed by atoms with van der Waals surface area (Å²) in [6, 6.07) is 13.5. The van der Waals surface area contributed by atoms with Gasteiger partial charge in [-0.2, -0.15) is 0 Å². The van der Waals surface area contributed by atoms with Crippen molar-refractivity contribution >= 4 is 21.8 Å². The van der Waals surface area contributed by atoms with Crippen molar-refractivity contribution in [3.63, 3.8) is 0 Å². The standard InChI is InChI=1S/C27H33BrN4O3/c1-20(2)8-6-4-5-7-9-27(33)29-17-21-10-15-25(26(16-21)34-3)35-19-23-18-32(31-30-23)24-13-11-22(28)12-14-24/h6,8,10-16,18,20H,4-5,7,9,17,19H2,1-3H3,(H,29,33)/b8-6+. The number of carbonyl (C=O) groups excluding carboxylic acids is 1. The van der Waals surface area contributed by atoms with Gasteiger partial charge >= 0.3 is 0 Å². The van der Waals surface area contributed by atoms with Crippen LogP contribution < -0.4 is 14.8 Å². The van der Waals surface area contributed by atoms with E-state index < -0.39 is 0 Å². The smallest absolute Gasteiger partial charge is 0.220 e. The Hall–Kier alpha value is -3.13. The monoisotopic (exact) mass is 540 g/mol. The summed E-state index contributed by atoms with van der Waals surface area (Å²) in [4.78, 5) is 12.2. The lowest BCUT2D eigenvalue weighted by Crippen LogP contribution is -2.22. The topological polar surface area (TPSA) is 78.3 Å². The van der Waals surface area contributed by atoms with Crippen molar-refractivity contribution in [2.24, 2.45) is 5.92 Å². The quantitative estimate of drug-likeness (QED) is 0.212. The second-order valence-electron chi connectivity index (χ2n) is 8.60. The van der Waals surface area contributed by atoms with Crippen molar-refractivity contribution in [2.45, 2.75) is 52.7 Å². The molecule has 35 heavy (non-hydrogen) atoms. The predicted octanol–water partition coefficient (Wildman–Crippen LogP) is 6.01. The molecule has 0 fully saturated rings. The second-order valence-corrected chi connectivity index (χ2v) is 9.52. The number of hydrogen-bond acceptors (Lipinski definition) is 5. The summed E-state index contributed by atoms with van der Waals surface area (Å²) in [5.74, 6) is 1.85. The number of allylic oxidation sites excluding steroid dienone is 2. The second kappa shape index (κ2) is 13.7. The Morgan fingerprint density at radius 2 is 1.94 bits per heavy atom. The molecule has 0 unspecified atom stereocenters. The van der Waals surface area contributed by atoms with E-state index in [1.807, 2.05) is 48.7 Å². The molecule has 8 heteroatoms. The van der Waals surface area contributed by atoms with E-state index in [1.165, 1.54) is 0 Å². The molecule has 186 valence electrons. The molecule has 0 radical (unpaired) electrons. The van der Waals surface area contributed by atoms with Gasteiger partial charge in [0.25, 0.3) is 0 Å². The van der Waals surface area contributed by atoms with Crippen LogP contribution in [0.25, 0.3) is 5.69 Å². The number of halogens is 1. The molecule has 1 N–H and O–H groups in total. The summed E-state index contributed by atoms with van der Waals surface area (Å²) in [6.45, 7) is 5.03. The highest BCUT2D eigenvalue weighted by atomic mass is 79.9. The first-order valence-electron chi connectivity index (χ1n) is 11.8. The SMILES string of the molecule is COc1cc(CNC(=O)CCCC/C=C/C(C)C)ccc1OCc1cn(-c2ccc(Br)cc2)nn1. The van der Waals surface area contributed by atoms with Crippen LogP contribution >= 0.6 is 15.9 Å². The molecule has 7 nitrogen and oxygen atoms in total. The Balaban J connectivity index is 1.46. The zero-order valence-electron chi connectivity index (χ0n) is 20.5. The maximum absolute atomic E-state index is 12.2. The molecule has 0 saturated heterocycles. The number of nitrogens with zero attached hydrogens (tertiary/aromatic N) is 3. The van der Waals surface area contributed by atoms with E-state index in [2.05, 4.69) is 57.6 Å². The van der Waals surface area contributed by atoms with Crippen LogP contribution in [0.1, 0.15) is 50.8 Å². The Morgan fingerprint density at radius 3 is 2.69 bits per heavy atom. The number of amides is 1. The number of methoxy groups -OCH3 is 1. The summed E-state index contributed by atoms with van der Waals surface area (Å²) in [5, 5.41) is 11.3. The Labute approximate surface area is 215 Å². The highest BCUT2D eigenvalue weighted by Gasteiger charge is 2.10. The number of nitrogens with one attached hydrogen (secondary N) is 1. The van der Waals surface area contributed by atoms with Crippen molar-refractivity contribution in [2.75, 3.05) is 7.11 Å². The molecule has 1 heterocycles. The molecule has 0 aliphatic carbocycles. The van der Waals surface area contributed by atoms with Crippen molar-refractivity contribution in [3.05, 3.63) is 76.5 Å². The molecule has 3 aromatic rings. The minimum absolute atomic E-state index is 0.0611. The van der Waals surface area contributed by atoms with Crippen molar-refractivity contribution < 1.29 is 14.3 Å². The third-order valence-electron chi connectivity index (χ3n) is 5.27. The molecule has 0 bridgehead atoms. The van der Waals surface area contributed by atoms with Gasteiger partial charge in [0, 0.05) is 17.4 Å². The molecule has 1 amide bonds. The summed E-state index contributed by atoms with van der Waals surface area (Å²) in [7, 11) is 1.60. The molecular weight excluding hydrogens is 508 g/mol. The van der Waals surface area contributed by atoms with Crippen LogP contribution in [0.4, 0.5) is 0 Å². The summed E-state index contributed by atoms with van der Waals surface area (Å²) >= 11 is 3.43.